The van der Waals surface area contributed by atoms with Crippen LogP contribution in [0, 0.1) is 0 Å². The van der Waals surface area contributed by atoms with Gasteiger partial charge < -0.3 is 14.2 Å². The minimum atomic E-state index is -4.78. The lowest BCUT2D eigenvalue weighted by Crippen LogP contribution is -2.22. The van der Waals surface area contributed by atoms with Gasteiger partial charge in [0.25, 0.3) is 5.89 Å². The van der Waals surface area contributed by atoms with Gasteiger partial charge in [0.1, 0.15) is 18.8 Å². The van der Waals surface area contributed by atoms with E-state index in [0.29, 0.717) is 12.6 Å². The van der Waals surface area contributed by atoms with Gasteiger partial charge in [-0.1, -0.05) is 17.3 Å². The second-order valence-corrected chi connectivity index (χ2v) is 9.33. The number of benzene rings is 1. The fourth-order valence-electron chi connectivity index (χ4n) is 2.67. The van der Waals surface area contributed by atoms with Gasteiger partial charge in [-0.2, -0.15) is 23.3 Å². The molecule has 0 bridgehead atoms. The molecule has 1 aromatic carbocycles. The van der Waals surface area contributed by atoms with Crippen molar-refractivity contribution in [3.8, 4) is 23.0 Å². The number of aromatic nitrogens is 4. The van der Waals surface area contributed by atoms with Gasteiger partial charge in [0.05, 0.1) is 4.90 Å². The summed E-state index contributed by atoms with van der Waals surface area (Å²) < 4.78 is 74.1. The molecule has 0 N–H and O–H groups in total. The molecule has 10 nitrogen and oxygen atoms in total. The Labute approximate surface area is 186 Å². The quantitative estimate of drug-likeness (QED) is 0.440. The van der Waals surface area contributed by atoms with Crippen LogP contribution in [0.1, 0.15) is 5.69 Å². The van der Waals surface area contributed by atoms with Crippen LogP contribution in [-0.2, 0) is 32.1 Å². The van der Waals surface area contributed by atoms with E-state index in [1.807, 2.05) is 0 Å². The molecule has 14 heteroatoms. The predicted octanol–water partition coefficient (Wildman–Crippen LogP) is 2.13. The number of halogens is 3. The number of carbonyl (C=O) groups is 1. The number of hydrogen-bond donors (Lipinski definition) is 0. The first-order valence-electron chi connectivity index (χ1n) is 9.44. The number of esters is 1. The molecule has 0 aliphatic rings. The maximum absolute atomic E-state index is 13.2. The molecule has 3 rings (SSSR count). The predicted molar refractivity (Wildman–Crippen MR) is 109 cm³/mol. The Bertz CT molecular complexity index is 1250. The number of alkyl halides is 3. The van der Waals surface area contributed by atoms with Gasteiger partial charge in [-0.25, -0.2) is 13.1 Å². The fraction of sp³-hybridized carbons (Fsp3) is 0.368. The summed E-state index contributed by atoms with van der Waals surface area (Å²) in [6.45, 7) is -0.124. The average Bonchev–Trinajstić information content (AvgIpc) is 3.34. The highest BCUT2D eigenvalue weighted by molar-refractivity contribution is 7.90. The Morgan fingerprint density at radius 3 is 2.61 bits per heavy atom. The lowest BCUT2D eigenvalue weighted by atomic mass is 10.2. The zero-order valence-electron chi connectivity index (χ0n) is 17.8. The molecule has 178 valence electrons. The molecule has 0 unspecified atom stereocenters. The first-order chi connectivity index (χ1) is 15.3. The number of hydrogen-bond acceptors (Lipinski definition) is 9. The van der Waals surface area contributed by atoms with Gasteiger partial charge in [-0.3, -0.25) is 4.79 Å². The summed E-state index contributed by atoms with van der Waals surface area (Å²) in [5.74, 6) is -1.18. The molecule has 0 fully saturated rings. The number of carbonyl (C=O) groups excluding carboxylic acids is 1. The first kappa shape index (κ1) is 24.4. The average molecular weight is 487 g/mol. The SMILES string of the molecule is CN(C)CCOC(=O)Cn1nc(C(F)(F)F)cc1-c1nc(-c2cccc(S(C)(=O)=O)c2)no1. The molecule has 0 saturated heterocycles. The van der Waals surface area contributed by atoms with E-state index in [9.17, 15) is 26.4 Å². The second kappa shape index (κ2) is 9.31. The summed E-state index contributed by atoms with van der Waals surface area (Å²) in [6, 6.07) is 6.36. The fourth-order valence-corrected chi connectivity index (χ4v) is 3.34. The van der Waals surface area contributed by atoms with E-state index in [-0.39, 0.29) is 34.5 Å². The van der Waals surface area contributed by atoms with Gasteiger partial charge in [-0.05, 0) is 26.2 Å². The van der Waals surface area contributed by atoms with Crippen LogP contribution in [0.5, 0.6) is 0 Å². The number of rotatable bonds is 8. The van der Waals surface area contributed by atoms with Crippen molar-refractivity contribution in [1.29, 1.82) is 0 Å². The monoisotopic (exact) mass is 487 g/mol. The van der Waals surface area contributed by atoms with E-state index in [1.165, 1.54) is 24.3 Å². The van der Waals surface area contributed by atoms with Gasteiger partial charge in [-0.15, -0.1) is 0 Å². The van der Waals surface area contributed by atoms with Crippen LogP contribution in [0.4, 0.5) is 13.2 Å². The van der Waals surface area contributed by atoms with Crippen molar-refractivity contribution in [3.63, 3.8) is 0 Å². The Morgan fingerprint density at radius 2 is 1.97 bits per heavy atom. The number of likely N-dealkylation sites (N-methyl/N-ethyl adjacent to an activating group) is 1. The second-order valence-electron chi connectivity index (χ2n) is 7.32. The van der Waals surface area contributed by atoms with Crippen molar-refractivity contribution in [3.05, 3.63) is 36.0 Å². The summed E-state index contributed by atoms with van der Waals surface area (Å²) >= 11 is 0. The largest absolute Gasteiger partial charge is 0.463 e. The molecule has 2 heterocycles. The highest BCUT2D eigenvalue weighted by Crippen LogP contribution is 2.32. The molecule has 0 atom stereocenters. The zero-order valence-corrected chi connectivity index (χ0v) is 18.6. The molecule has 0 aliphatic heterocycles. The van der Waals surface area contributed by atoms with Gasteiger partial charge in [0.15, 0.2) is 15.5 Å². The maximum atomic E-state index is 13.2. The van der Waals surface area contributed by atoms with Crippen molar-refractivity contribution < 1.29 is 35.6 Å². The summed E-state index contributed by atoms with van der Waals surface area (Å²) in [6.07, 6.45) is -3.75. The molecule has 2 aromatic heterocycles. The van der Waals surface area contributed by atoms with Crippen LogP contribution in [0.15, 0.2) is 39.8 Å². The highest BCUT2D eigenvalue weighted by Gasteiger charge is 2.36. The third kappa shape index (κ3) is 6.16. The van der Waals surface area contributed by atoms with E-state index in [4.69, 9.17) is 9.26 Å². The molecular weight excluding hydrogens is 467 g/mol. The van der Waals surface area contributed by atoms with E-state index >= 15 is 0 Å². The van der Waals surface area contributed by atoms with Crippen molar-refractivity contribution in [1.82, 2.24) is 24.8 Å². The zero-order chi connectivity index (χ0) is 24.4. The smallest absolute Gasteiger partial charge is 0.435 e. The van der Waals surface area contributed by atoms with Crippen molar-refractivity contribution >= 4 is 15.8 Å². The molecule has 33 heavy (non-hydrogen) atoms. The summed E-state index contributed by atoms with van der Waals surface area (Å²) in [4.78, 5) is 17.9. The first-order valence-corrected chi connectivity index (χ1v) is 11.3. The molecule has 3 aromatic rings. The van der Waals surface area contributed by atoms with Crippen molar-refractivity contribution in [2.45, 2.75) is 17.6 Å². The van der Waals surface area contributed by atoms with Crippen LogP contribution >= 0.6 is 0 Å². The molecule has 0 spiro atoms. The third-order valence-electron chi connectivity index (χ3n) is 4.32. The molecule has 0 amide bonds. The van der Waals surface area contributed by atoms with Crippen LogP contribution in [0.25, 0.3) is 23.0 Å². The number of nitrogens with zero attached hydrogens (tertiary/aromatic N) is 5. The minimum absolute atomic E-state index is 0.0104. The normalized spacial score (nSPS) is 12.3. The topological polar surface area (TPSA) is 120 Å². The van der Waals surface area contributed by atoms with Crippen LogP contribution in [-0.4, -0.2) is 72.7 Å². The molecule has 0 aliphatic carbocycles. The number of sulfone groups is 1. The van der Waals surface area contributed by atoms with Gasteiger partial charge in [0, 0.05) is 24.4 Å². The Morgan fingerprint density at radius 1 is 1.24 bits per heavy atom. The maximum Gasteiger partial charge on any atom is 0.435 e. The van der Waals surface area contributed by atoms with Crippen molar-refractivity contribution in [2.75, 3.05) is 33.5 Å². The lowest BCUT2D eigenvalue weighted by molar-refractivity contribution is -0.146. The molecule has 0 radical (unpaired) electrons. The van der Waals surface area contributed by atoms with E-state index < -0.39 is 34.2 Å². The number of ether oxygens (including phenoxy) is 1. The van der Waals surface area contributed by atoms with E-state index in [1.54, 1.807) is 19.0 Å². The minimum Gasteiger partial charge on any atom is -0.463 e. The Hall–Kier alpha value is -3.26. The van der Waals surface area contributed by atoms with Crippen LogP contribution < -0.4 is 0 Å². The van der Waals surface area contributed by atoms with Gasteiger partial charge in [0.2, 0.25) is 5.82 Å². The summed E-state index contributed by atoms with van der Waals surface area (Å²) in [7, 11) is 0.0385. The molecular formula is C19H20F3N5O5S. The Kier molecular flexibility index (Phi) is 6.88. The Balaban J connectivity index is 1.92. The summed E-state index contributed by atoms with van der Waals surface area (Å²) in [5, 5.41) is 7.16. The summed E-state index contributed by atoms with van der Waals surface area (Å²) in [5.41, 5.74) is -1.22. The van der Waals surface area contributed by atoms with Crippen molar-refractivity contribution in [2.24, 2.45) is 0 Å². The van der Waals surface area contributed by atoms with Crippen LogP contribution in [0.3, 0.4) is 0 Å². The van der Waals surface area contributed by atoms with Crippen LogP contribution in [0.2, 0.25) is 0 Å². The highest BCUT2D eigenvalue weighted by atomic mass is 32.2. The lowest BCUT2D eigenvalue weighted by Gasteiger charge is -2.10. The standard InChI is InChI=1S/C19H20F3N5O5S/c1-26(2)7-8-31-16(28)11-27-14(10-15(24-27)19(20,21)22)18-23-17(25-32-18)12-5-4-6-13(9-12)33(3,29)30/h4-6,9-10H,7-8,11H2,1-3H3. The molecule has 0 saturated carbocycles. The van der Waals surface area contributed by atoms with Gasteiger partial charge >= 0.3 is 12.1 Å². The van der Waals surface area contributed by atoms with E-state index in [0.717, 1.165) is 10.9 Å². The third-order valence-corrected chi connectivity index (χ3v) is 5.43. The van der Waals surface area contributed by atoms with E-state index in [2.05, 4.69) is 15.2 Å².